The number of piperidine rings is 1. The second-order valence-electron chi connectivity index (χ2n) is 9.38. The number of benzene rings is 1. The van der Waals surface area contributed by atoms with Gasteiger partial charge >= 0.3 is 0 Å². The summed E-state index contributed by atoms with van der Waals surface area (Å²) in [6.45, 7) is 10.2. The van der Waals surface area contributed by atoms with Gasteiger partial charge in [0.15, 0.2) is 0 Å². The Kier molecular flexibility index (Phi) is 10.2. The molecule has 2 aromatic rings. The van der Waals surface area contributed by atoms with Crippen LogP contribution in [0.3, 0.4) is 0 Å². The maximum absolute atomic E-state index is 13.5. The maximum atomic E-state index is 13.5. The van der Waals surface area contributed by atoms with E-state index in [-0.39, 0.29) is 30.0 Å². The number of nitrogens with two attached hydrogens (primary N) is 2. The van der Waals surface area contributed by atoms with Crippen LogP contribution in [0.25, 0.3) is 0 Å². The summed E-state index contributed by atoms with van der Waals surface area (Å²) in [7, 11) is 4.09. The largest absolute Gasteiger partial charge is 0.369 e. The average molecular weight is 479 g/mol. The number of nitrogens with zero attached hydrogens (tertiary/aromatic N) is 4. The molecule has 2 heterocycles. The van der Waals surface area contributed by atoms with E-state index in [9.17, 15) is 9.18 Å². The third-order valence-corrected chi connectivity index (χ3v) is 6.61. The van der Waals surface area contributed by atoms with E-state index in [0.717, 1.165) is 28.9 Å². The van der Waals surface area contributed by atoms with Crippen LogP contribution in [0.15, 0.2) is 24.5 Å². The van der Waals surface area contributed by atoms with Gasteiger partial charge in [-0.3, -0.25) is 18.9 Å². The summed E-state index contributed by atoms with van der Waals surface area (Å²) >= 11 is 1.30. The van der Waals surface area contributed by atoms with Crippen molar-refractivity contribution in [1.29, 1.82) is 0 Å². The first-order chi connectivity index (χ1) is 15.5. The summed E-state index contributed by atoms with van der Waals surface area (Å²) in [5, 5.41) is 9.97. The Morgan fingerprint density at radius 1 is 1.24 bits per heavy atom. The van der Waals surface area contributed by atoms with Gasteiger partial charge in [-0.2, -0.15) is 5.10 Å². The zero-order chi connectivity index (χ0) is 24.7. The van der Waals surface area contributed by atoms with Crippen LogP contribution >= 0.6 is 12.1 Å². The normalized spacial score (nSPS) is 16.6. The molecule has 1 aliphatic heterocycles. The molecular weight excluding hydrogens is 439 g/mol. The highest BCUT2D eigenvalue weighted by molar-refractivity contribution is 7.98. The van der Waals surface area contributed by atoms with Crippen LogP contribution in [0.2, 0.25) is 0 Å². The maximum Gasteiger partial charge on any atom is 0.221 e. The van der Waals surface area contributed by atoms with Crippen LogP contribution in [0.1, 0.15) is 69.1 Å². The Balaban J connectivity index is 0.000000234. The van der Waals surface area contributed by atoms with Gasteiger partial charge < -0.3 is 10.6 Å². The number of carbonyl (C=O) groups is 1. The number of primary amides is 1. The molecule has 0 saturated carbocycles. The van der Waals surface area contributed by atoms with E-state index in [1.54, 1.807) is 0 Å². The smallest absolute Gasteiger partial charge is 0.221 e. The van der Waals surface area contributed by atoms with E-state index >= 15 is 0 Å². The van der Waals surface area contributed by atoms with Crippen molar-refractivity contribution >= 4 is 23.7 Å². The summed E-state index contributed by atoms with van der Waals surface area (Å²) in [6, 6.07) is 3.50. The highest BCUT2D eigenvalue weighted by Gasteiger charge is 2.24. The monoisotopic (exact) mass is 478 g/mol. The lowest BCUT2D eigenvalue weighted by molar-refractivity contribution is -0.117. The van der Waals surface area contributed by atoms with Gasteiger partial charge in [0, 0.05) is 31.9 Å². The van der Waals surface area contributed by atoms with Gasteiger partial charge in [0.05, 0.1) is 24.3 Å². The van der Waals surface area contributed by atoms with Crippen LogP contribution in [-0.4, -0.2) is 46.8 Å². The van der Waals surface area contributed by atoms with Crippen molar-refractivity contribution in [3.8, 4) is 0 Å². The first kappa shape index (κ1) is 27.1. The molecule has 1 unspecified atom stereocenters. The second kappa shape index (κ2) is 12.4. The average Bonchev–Trinajstić information content (AvgIpc) is 3.15. The molecule has 1 aromatic carbocycles. The van der Waals surface area contributed by atoms with E-state index < -0.39 is 0 Å². The fourth-order valence-corrected chi connectivity index (χ4v) is 4.86. The van der Waals surface area contributed by atoms with Crippen LogP contribution in [0, 0.1) is 5.82 Å². The summed E-state index contributed by atoms with van der Waals surface area (Å²) < 4.78 is 17.5. The van der Waals surface area contributed by atoms with E-state index in [4.69, 9.17) is 10.9 Å². The molecule has 1 fully saturated rings. The minimum Gasteiger partial charge on any atom is -0.369 e. The number of amides is 1. The Labute approximate surface area is 201 Å². The van der Waals surface area contributed by atoms with Gasteiger partial charge in [0.1, 0.15) is 5.82 Å². The van der Waals surface area contributed by atoms with Crippen molar-refractivity contribution in [2.75, 3.05) is 24.4 Å². The van der Waals surface area contributed by atoms with Crippen molar-refractivity contribution in [1.82, 2.24) is 14.7 Å². The molecule has 33 heavy (non-hydrogen) atoms. The number of aromatic nitrogens is 2. The summed E-state index contributed by atoms with van der Waals surface area (Å²) in [5.74, 6) is -0.263. The van der Waals surface area contributed by atoms with Crippen LogP contribution in [0.4, 0.5) is 10.1 Å². The predicted octanol–water partition coefficient (Wildman–Crippen LogP) is 3.94. The molecule has 1 atom stereocenters. The van der Waals surface area contributed by atoms with Gasteiger partial charge in [0.2, 0.25) is 5.91 Å². The molecule has 3 rings (SSSR count). The van der Waals surface area contributed by atoms with E-state index in [2.05, 4.69) is 21.4 Å². The van der Waals surface area contributed by atoms with E-state index in [1.165, 1.54) is 43.7 Å². The molecule has 184 valence electrons. The van der Waals surface area contributed by atoms with Gasteiger partial charge in [-0.05, 0) is 67.1 Å². The molecule has 7 nitrogen and oxygen atoms in total. The van der Waals surface area contributed by atoms with Crippen LogP contribution in [-0.2, 0) is 18.3 Å². The molecule has 0 spiro atoms. The number of likely N-dealkylation sites (N-methyl/N-ethyl adjacent to an activating group) is 1. The molecule has 4 N–H and O–H groups in total. The highest BCUT2D eigenvalue weighted by atomic mass is 32.2. The Morgan fingerprint density at radius 2 is 1.85 bits per heavy atom. The first-order valence-corrected chi connectivity index (χ1v) is 12.3. The first-order valence-electron chi connectivity index (χ1n) is 11.5. The molecule has 1 aliphatic rings. The summed E-state index contributed by atoms with van der Waals surface area (Å²) in [6.07, 6.45) is 6.49. The SMILES string of the molecule is CC(C)c1cc(F)cc(C(C)C)c1CC(N)=O.CN1CCCC(N(SN)c2cnn(C)c2)C1. The van der Waals surface area contributed by atoms with E-state index in [1.807, 2.05) is 51.8 Å². The van der Waals surface area contributed by atoms with Crippen LogP contribution < -0.4 is 15.2 Å². The Hall–Kier alpha value is -2.10. The number of halogens is 1. The van der Waals surface area contributed by atoms with Gasteiger partial charge in [0.25, 0.3) is 0 Å². The molecule has 9 heteroatoms. The zero-order valence-corrected chi connectivity index (χ0v) is 21.5. The number of aryl methyl sites for hydroxylation is 1. The third kappa shape index (κ3) is 7.72. The van der Waals surface area contributed by atoms with E-state index in [0.29, 0.717) is 6.04 Å². The number of anilines is 1. The highest BCUT2D eigenvalue weighted by Crippen LogP contribution is 2.29. The Bertz CT molecular complexity index is 887. The number of likely N-dealkylation sites (tertiary alicyclic amines) is 1. The topological polar surface area (TPSA) is 93.4 Å². The number of hydrogen-bond donors (Lipinski definition) is 2. The van der Waals surface area contributed by atoms with Crippen molar-refractivity contribution in [3.05, 3.63) is 47.0 Å². The minimum absolute atomic E-state index is 0.178. The molecule has 0 radical (unpaired) electrons. The van der Waals surface area contributed by atoms with Crippen molar-refractivity contribution in [3.63, 3.8) is 0 Å². The van der Waals surface area contributed by atoms with Crippen molar-refractivity contribution in [2.45, 2.75) is 64.8 Å². The van der Waals surface area contributed by atoms with Crippen LogP contribution in [0.5, 0.6) is 0 Å². The zero-order valence-electron chi connectivity index (χ0n) is 20.7. The number of carbonyl (C=O) groups excluding carboxylic acids is 1. The number of rotatable bonds is 7. The lowest BCUT2D eigenvalue weighted by atomic mass is 9.87. The van der Waals surface area contributed by atoms with Crippen molar-refractivity contribution in [2.24, 2.45) is 17.9 Å². The lowest BCUT2D eigenvalue weighted by Gasteiger charge is -2.36. The molecule has 1 amide bonds. The number of hydrogen-bond acceptors (Lipinski definition) is 6. The van der Waals surface area contributed by atoms with Gasteiger partial charge in [-0.15, -0.1) is 0 Å². The fraction of sp³-hybridized carbons (Fsp3) is 0.583. The van der Waals surface area contributed by atoms with Gasteiger partial charge in [-0.25, -0.2) is 4.39 Å². The molecule has 0 bridgehead atoms. The molecule has 0 aliphatic carbocycles. The lowest BCUT2D eigenvalue weighted by Crippen LogP contribution is -2.44. The minimum atomic E-state index is -0.375. The molecular formula is C24H39FN6OS. The Morgan fingerprint density at radius 3 is 2.27 bits per heavy atom. The summed E-state index contributed by atoms with van der Waals surface area (Å²) in [5.41, 5.74) is 9.02. The molecule has 1 aromatic heterocycles. The standard InChI is InChI=1S/C14H20FNO.C10H19N5S/c1-8(2)11-5-10(15)6-12(9(3)4)13(11)7-14(16)17;1-13-5-3-4-9(7-13)15(16-11)10-6-12-14(2)8-10/h5-6,8-9H,7H2,1-4H3,(H2,16,17);6,8-9H,3-5,7,11H2,1-2H3. The van der Waals surface area contributed by atoms with Crippen molar-refractivity contribution < 1.29 is 9.18 Å². The van der Waals surface area contributed by atoms with Gasteiger partial charge in [-0.1, -0.05) is 27.7 Å². The molecule has 1 saturated heterocycles. The quantitative estimate of drug-likeness (QED) is 0.586. The third-order valence-electron chi connectivity index (χ3n) is 5.87. The fourth-order valence-electron chi connectivity index (χ4n) is 4.30. The predicted molar refractivity (Wildman–Crippen MR) is 135 cm³/mol. The summed E-state index contributed by atoms with van der Waals surface area (Å²) in [4.78, 5) is 13.5. The second-order valence-corrected chi connectivity index (χ2v) is 9.98.